The van der Waals surface area contributed by atoms with Crippen molar-refractivity contribution in [3.63, 3.8) is 0 Å². The van der Waals surface area contributed by atoms with Crippen molar-refractivity contribution in [1.82, 2.24) is 34.5 Å². The molecular weight excluding hydrogens is 304 g/mol. The summed E-state index contributed by atoms with van der Waals surface area (Å²) < 4.78 is 3.57. The first-order valence-electron chi connectivity index (χ1n) is 8.18. The molecule has 0 radical (unpaired) electrons. The van der Waals surface area contributed by atoms with Crippen LogP contribution in [0.25, 0.3) is 11.0 Å². The highest BCUT2D eigenvalue weighted by Gasteiger charge is 2.23. The second kappa shape index (κ2) is 6.18. The molecule has 0 spiro atoms. The van der Waals surface area contributed by atoms with Gasteiger partial charge in [0.1, 0.15) is 23.8 Å². The van der Waals surface area contributed by atoms with E-state index in [4.69, 9.17) is 4.98 Å². The third-order valence-corrected chi connectivity index (χ3v) is 4.11. The van der Waals surface area contributed by atoms with Crippen LogP contribution >= 0.6 is 0 Å². The minimum Gasteiger partial charge on any atom is -0.359 e. The molecule has 3 aromatic heterocycles. The lowest BCUT2D eigenvalue weighted by atomic mass is 10.0. The summed E-state index contributed by atoms with van der Waals surface area (Å²) in [6.45, 7) is 8.47. The molecule has 0 fully saturated rings. The normalized spacial score (nSPS) is 13.2. The van der Waals surface area contributed by atoms with Crippen LogP contribution in [0.4, 0.5) is 5.82 Å². The van der Waals surface area contributed by atoms with Crippen LogP contribution in [0.2, 0.25) is 0 Å². The van der Waals surface area contributed by atoms with Crippen LogP contribution in [0.3, 0.4) is 0 Å². The van der Waals surface area contributed by atoms with Gasteiger partial charge in [-0.2, -0.15) is 10.2 Å². The van der Waals surface area contributed by atoms with Crippen LogP contribution in [-0.2, 0) is 14.1 Å². The summed E-state index contributed by atoms with van der Waals surface area (Å²) in [7, 11) is 3.80. The van der Waals surface area contributed by atoms with Crippen LogP contribution in [0.1, 0.15) is 51.3 Å². The van der Waals surface area contributed by atoms with Gasteiger partial charge in [0.15, 0.2) is 5.65 Å². The molecule has 0 aromatic carbocycles. The minimum atomic E-state index is -0.00387. The lowest BCUT2D eigenvalue weighted by Gasteiger charge is -2.22. The van der Waals surface area contributed by atoms with Gasteiger partial charge in [0.05, 0.1) is 17.6 Å². The molecule has 1 N–H and O–H groups in total. The van der Waals surface area contributed by atoms with Gasteiger partial charge in [0.25, 0.3) is 0 Å². The SMILES string of the molecule is CC(C)c1nc(N[C@@H](c2ncnn2C)C(C)C)c2cnn(C)c2n1. The Bertz CT molecular complexity index is 845. The molecule has 0 saturated carbocycles. The molecule has 3 heterocycles. The number of nitrogens with zero attached hydrogens (tertiary/aromatic N) is 7. The van der Waals surface area contributed by atoms with E-state index in [9.17, 15) is 0 Å². The number of fused-ring (bicyclic) bond motifs is 1. The molecule has 0 aliphatic heterocycles. The fraction of sp³-hybridized carbons (Fsp3) is 0.562. The Labute approximate surface area is 141 Å². The van der Waals surface area contributed by atoms with Crippen molar-refractivity contribution in [2.24, 2.45) is 20.0 Å². The largest absolute Gasteiger partial charge is 0.359 e. The number of hydrogen-bond donors (Lipinski definition) is 1. The Morgan fingerprint density at radius 2 is 1.75 bits per heavy atom. The van der Waals surface area contributed by atoms with Crippen LogP contribution in [0.15, 0.2) is 12.5 Å². The first kappa shape index (κ1) is 16.4. The quantitative estimate of drug-likeness (QED) is 0.774. The van der Waals surface area contributed by atoms with Crippen molar-refractivity contribution in [2.75, 3.05) is 5.32 Å². The summed E-state index contributed by atoms with van der Waals surface area (Å²) in [6, 6.07) is -0.00387. The van der Waals surface area contributed by atoms with Gasteiger partial charge in [-0.3, -0.25) is 9.36 Å². The third-order valence-electron chi connectivity index (χ3n) is 4.11. The van der Waals surface area contributed by atoms with E-state index in [-0.39, 0.29) is 12.0 Å². The van der Waals surface area contributed by atoms with E-state index in [0.29, 0.717) is 5.92 Å². The predicted molar refractivity (Wildman–Crippen MR) is 92.6 cm³/mol. The third kappa shape index (κ3) is 2.83. The van der Waals surface area contributed by atoms with Gasteiger partial charge in [-0.05, 0) is 5.92 Å². The van der Waals surface area contributed by atoms with E-state index in [1.165, 1.54) is 0 Å². The molecule has 0 bridgehead atoms. The molecule has 0 unspecified atom stereocenters. The number of aryl methyl sites for hydroxylation is 2. The van der Waals surface area contributed by atoms with Crippen molar-refractivity contribution >= 4 is 16.9 Å². The van der Waals surface area contributed by atoms with Crippen molar-refractivity contribution in [3.05, 3.63) is 24.2 Å². The van der Waals surface area contributed by atoms with Gasteiger partial charge < -0.3 is 5.32 Å². The molecule has 0 saturated heterocycles. The van der Waals surface area contributed by atoms with Gasteiger partial charge >= 0.3 is 0 Å². The van der Waals surface area contributed by atoms with Crippen LogP contribution in [-0.4, -0.2) is 34.5 Å². The second-order valence-electron chi connectivity index (χ2n) is 6.70. The smallest absolute Gasteiger partial charge is 0.163 e. The molecule has 3 rings (SSSR count). The van der Waals surface area contributed by atoms with E-state index in [2.05, 4.69) is 53.2 Å². The molecule has 8 nitrogen and oxygen atoms in total. The maximum Gasteiger partial charge on any atom is 0.163 e. The second-order valence-corrected chi connectivity index (χ2v) is 6.70. The fourth-order valence-electron chi connectivity index (χ4n) is 2.67. The van der Waals surface area contributed by atoms with Crippen molar-refractivity contribution in [3.8, 4) is 0 Å². The summed E-state index contributed by atoms with van der Waals surface area (Å²) >= 11 is 0. The molecule has 128 valence electrons. The monoisotopic (exact) mass is 328 g/mol. The van der Waals surface area contributed by atoms with E-state index in [1.54, 1.807) is 21.9 Å². The Morgan fingerprint density at radius 1 is 1.00 bits per heavy atom. The first-order valence-corrected chi connectivity index (χ1v) is 8.18. The zero-order chi connectivity index (χ0) is 17.4. The fourth-order valence-corrected chi connectivity index (χ4v) is 2.67. The zero-order valence-electron chi connectivity index (χ0n) is 15.0. The highest BCUT2D eigenvalue weighted by molar-refractivity contribution is 5.86. The maximum absolute atomic E-state index is 4.74. The molecule has 0 aliphatic carbocycles. The van der Waals surface area contributed by atoms with Crippen LogP contribution in [0.5, 0.6) is 0 Å². The first-order chi connectivity index (χ1) is 11.4. The summed E-state index contributed by atoms with van der Waals surface area (Å²) in [5, 5.41) is 13.0. The Hall–Kier alpha value is -2.51. The van der Waals surface area contributed by atoms with Crippen molar-refractivity contribution in [2.45, 2.75) is 39.7 Å². The van der Waals surface area contributed by atoms with Gasteiger partial charge in [-0.25, -0.2) is 15.0 Å². The zero-order valence-corrected chi connectivity index (χ0v) is 15.0. The molecule has 0 aliphatic rings. The highest BCUT2D eigenvalue weighted by atomic mass is 15.3. The molecule has 24 heavy (non-hydrogen) atoms. The minimum absolute atomic E-state index is 0.00387. The average molecular weight is 328 g/mol. The van der Waals surface area contributed by atoms with E-state index in [0.717, 1.165) is 28.5 Å². The average Bonchev–Trinajstić information content (AvgIpc) is 3.11. The highest BCUT2D eigenvalue weighted by Crippen LogP contribution is 2.29. The van der Waals surface area contributed by atoms with Gasteiger partial charge in [0, 0.05) is 20.0 Å². The Balaban J connectivity index is 2.09. The number of hydrogen-bond acceptors (Lipinski definition) is 6. The standard InChI is InChI=1S/C16H24N8/c1-9(2)12(16-17-8-19-24(16)6)20-14-11-7-18-23(5)15(11)22-13(21-14)10(3)4/h7-10,12H,1-6H3,(H,20,21,22)/t12-/m1/s1. The molecule has 3 aromatic rings. The molecule has 1 atom stereocenters. The van der Waals surface area contributed by atoms with E-state index in [1.807, 2.05) is 14.1 Å². The van der Waals surface area contributed by atoms with E-state index >= 15 is 0 Å². The predicted octanol–water partition coefficient (Wildman–Crippen LogP) is 2.42. The molecule has 0 amide bonds. The van der Waals surface area contributed by atoms with Gasteiger partial charge in [-0.15, -0.1) is 0 Å². The summed E-state index contributed by atoms with van der Waals surface area (Å²) in [5.41, 5.74) is 0.830. The molecule has 8 heteroatoms. The van der Waals surface area contributed by atoms with Crippen molar-refractivity contribution in [1.29, 1.82) is 0 Å². The lowest BCUT2D eigenvalue weighted by molar-refractivity contribution is 0.496. The number of anilines is 1. The number of rotatable bonds is 5. The van der Waals surface area contributed by atoms with Crippen LogP contribution in [0, 0.1) is 5.92 Å². The van der Waals surface area contributed by atoms with Gasteiger partial charge in [-0.1, -0.05) is 27.7 Å². The van der Waals surface area contributed by atoms with Crippen LogP contribution < -0.4 is 5.32 Å². The van der Waals surface area contributed by atoms with Crippen molar-refractivity contribution < 1.29 is 0 Å². The topological polar surface area (TPSA) is 86.3 Å². The number of aromatic nitrogens is 7. The van der Waals surface area contributed by atoms with Gasteiger partial charge in [0.2, 0.25) is 0 Å². The molecular formula is C16H24N8. The van der Waals surface area contributed by atoms with E-state index < -0.39 is 0 Å². The summed E-state index contributed by atoms with van der Waals surface area (Å²) in [5.74, 6) is 3.02. The maximum atomic E-state index is 4.74. The summed E-state index contributed by atoms with van der Waals surface area (Å²) in [6.07, 6.45) is 3.38. The Morgan fingerprint density at radius 3 is 2.33 bits per heavy atom. The lowest BCUT2D eigenvalue weighted by Crippen LogP contribution is -2.22. The summed E-state index contributed by atoms with van der Waals surface area (Å²) in [4.78, 5) is 13.8. The Kier molecular flexibility index (Phi) is 4.21. The number of nitrogens with one attached hydrogen (secondary N) is 1.